The van der Waals surface area contributed by atoms with E-state index in [0.717, 1.165) is 5.56 Å². The molecule has 1 saturated heterocycles. The largest absolute Gasteiger partial charge is 0.438 e. The molecule has 0 unspecified atom stereocenters. The molecule has 1 fully saturated rings. The Balaban J connectivity index is 1.52. The van der Waals surface area contributed by atoms with E-state index in [1.807, 2.05) is 42.2 Å². The average molecular weight is 449 g/mol. The van der Waals surface area contributed by atoms with Gasteiger partial charge in [0.2, 0.25) is 11.0 Å². The summed E-state index contributed by atoms with van der Waals surface area (Å²) in [5.41, 5.74) is 6.28. The highest BCUT2D eigenvalue weighted by molar-refractivity contribution is 7.89. The smallest absolute Gasteiger partial charge is 0.284 e. The van der Waals surface area contributed by atoms with E-state index in [2.05, 4.69) is 12.2 Å². The number of rotatable bonds is 8. The number of benzene rings is 1. The molecular formula is C21H28N4O5S. The molecule has 0 radical (unpaired) electrons. The number of nitrogens with one attached hydrogen (secondary N) is 1. The van der Waals surface area contributed by atoms with Gasteiger partial charge in [0, 0.05) is 32.7 Å². The Morgan fingerprint density at radius 3 is 2.29 bits per heavy atom. The second-order valence-corrected chi connectivity index (χ2v) is 9.52. The van der Waals surface area contributed by atoms with Gasteiger partial charge in [0.05, 0.1) is 6.04 Å². The molecule has 2 heterocycles. The highest BCUT2D eigenvalue weighted by atomic mass is 32.2. The lowest BCUT2D eigenvalue weighted by Crippen LogP contribution is -2.55. The number of nitrogens with two attached hydrogens (primary N) is 1. The number of nitrogens with zero attached hydrogens (tertiary/aromatic N) is 2. The van der Waals surface area contributed by atoms with E-state index in [9.17, 15) is 18.0 Å². The number of hydrogen-bond donors (Lipinski definition) is 2. The van der Waals surface area contributed by atoms with Gasteiger partial charge in [-0.2, -0.15) is 4.31 Å². The van der Waals surface area contributed by atoms with Crippen LogP contribution in [0.2, 0.25) is 0 Å². The van der Waals surface area contributed by atoms with Crippen LogP contribution in [0.3, 0.4) is 0 Å². The molecule has 2 amide bonds. The van der Waals surface area contributed by atoms with Crippen molar-refractivity contribution in [3.8, 4) is 0 Å². The topological polar surface area (TPSA) is 126 Å². The number of hydrogen-bond acceptors (Lipinski definition) is 6. The van der Waals surface area contributed by atoms with Gasteiger partial charge < -0.3 is 15.5 Å². The van der Waals surface area contributed by atoms with E-state index in [-0.39, 0.29) is 41.8 Å². The molecule has 0 saturated carbocycles. The van der Waals surface area contributed by atoms with Gasteiger partial charge in [-0.3, -0.25) is 14.5 Å². The molecule has 2 aromatic rings. The maximum Gasteiger partial charge on any atom is 0.284 e. The maximum absolute atomic E-state index is 12.7. The molecule has 3 rings (SSSR count). The number of furan rings is 1. The van der Waals surface area contributed by atoms with Crippen LogP contribution in [-0.4, -0.2) is 68.2 Å². The van der Waals surface area contributed by atoms with Crippen LogP contribution in [0.1, 0.15) is 35.9 Å². The fourth-order valence-electron chi connectivity index (χ4n) is 3.52. The van der Waals surface area contributed by atoms with Gasteiger partial charge in [-0.25, -0.2) is 8.42 Å². The minimum absolute atomic E-state index is 0.0868. The van der Waals surface area contributed by atoms with Crippen LogP contribution in [0.4, 0.5) is 0 Å². The fraction of sp³-hybridized carbons (Fsp3) is 0.429. The molecule has 1 aromatic heterocycles. The van der Waals surface area contributed by atoms with Crippen LogP contribution in [0.25, 0.3) is 0 Å². The van der Waals surface area contributed by atoms with Crippen LogP contribution < -0.4 is 11.1 Å². The minimum atomic E-state index is -3.86. The van der Waals surface area contributed by atoms with Gasteiger partial charge in [-0.1, -0.05) is 37.3 Å². The third-order valence-corrected chi connectivity index (χ3v) is 7.34. The Bertz CT molecular complexity index is 1010. The molecule has 1 aliphatic heterocycles. The monoisotopic (exact) mass is 448 g/mol. The molecule has 168 valence electrons. The Morgan fingerprint density at radius 2 is 1.71 bits per heavy atom. The van der Waals surface area contributed by atoms with E-state index in [1.165, 1.54) is 16.4 Å². The first kappa shape index (κ1) is 23.0. The number of sulfonamides is 1. The minimum Gasteiger partial charge on any atom is -0.438 e. The molecule has 9 nitrogen and oxygen atoms in total. The summed E-state index contributed by atoms with van der Waals surface area (Å²) in [6.07, 6.45) is 0. The molecule has 2 atom stereocenters. The molecule has 0 aliphatic carbocycles. The van der Waals surface area contributed by atoms with Crippen molar-refractivity contribution in [3.63, 3.8) is 0 Å². The SMILES string of the molecule is C[C@H](C(=O)NC[C@H](C)c1ccccc1)N1CCN(S(=O)(=O)c2ccc(C(N)=O)o2)CC1. The summed E-state index contributed by atoms with van der Waals surface area (Å²) in [6, 6.07) is 12.1. The highest BCUT2D eigenvalue weighted by Crippen LogP contribution is 2.21. The number of amides is 2. The number of carbonyl (C=O) groups is 2. The summed E-state index contributed by atoms with van der Waals surface area (Å²) < 4.78 is 31.8. The molecule has 0 bridgehead atoms. The zero-order valence-corrected chi connectivity index (χ0v) is 18.5. The Labute approximate surface area is 182 Å². The molecule has 0 spiro atoms. The van der Waals surface area contributed by atoms with Gasteiger partial charge in [0.15, 0.2) is 5.76 Å². The second kappa shape index (κ2) is 9.63. The Morgan fingerprint density at radius 1 is 1.06 bits per heavy atom. The van der Waals surface area contributed by atoms with Crippen molar-refractivity contribution in [2.45, 2.75) is 30.9 Å². The number of carbonyl (C=O) groups excluding carboxylic acids is 2. The van der Waals surface area contributed by atoms with Crippen molar-refractivity contribution < 1.29 is 22.4 Å². The predicted molar refractivity (Wildman–Crippen MR) is 115 cm³/mol. The number of piperazine rings is 1. The van der Waals surface area contributed by atoms with E-state index in [0.29, 0.717) is 19.6 Å². The Hall–Kier alpha value is -2.69. The fourth-order valence-corrected chi connectivity index (χ4v) is 4.85. The lowest BCUT2D eigenvalue weighted by atomic mass is 10.0. The van der Waals surface area contributed by atoms with E-state index < -0.39 is 15.9 Å². The van der Waals surface area contributed by atoms with Gasteiger partial charge in [0.1, 0.15) is 0 Å². The molecule has 1 aromatic carbocycles. The summed E-state index contributed by atoms with van der Waals surface area (Å²) in [5, 5.41) is 2.68. The number of primary amides is 1. The second-order valence-electron chi connectivity index (χ2n) is 7.66. The lowest BCUT2D eigenvalue weighted by Gasteiger charge is -2.36. The van der Waals surface area contributed by atoms with Crippen LogP contribution >= 0.6 is 0 Å². The third kappa shape index (κ3) is 5.33. The van der Waals surface area contributed by atoms with E-state index in [4.69, 9.17) is 10.2 Å². The quantitative estimate of drug-likeness (QED) is 0.620. The van der Waals surface area contributed by atoms with Gasteiger partial charge in [-0.15, -0.1) is 0 Å². The van der Waals surface area contributed by atoms with Gasteiger partial charge in [0.25, 0.3) is 15.9 Å². The Kier molecular flexibility index (Phi) is 7.14. The normalized spacial score (nSPS) is 17.7. The molecule has 10 heteroatoms. The van der Waals surface area contributed by atoms with Gasteiger partial charge in [-0.05, 0) is 30.5 Å². The van der Waals surface area contributed by atoms with Crippen molar-refractivity contribution in [1.29, 1.82) is 0 Å². The summed E-state index contributed by atoms with van der Waals surface area (Å²) >= 11 is 0. The summed E-state index contributed by atoms with van der Waals surface area (Å²) in [4.78, 5) is 25.7. The summed E-state index contributed by atoms with van der Waals surface area (Å²) in [7, 11) is -3.86. The van der Waals surface area contributed by atoms with Crippen LogP contribution in [0.15, 0.2) is 52.0 Å². The van der Waals surface area contributed by atoms with Crippen molar-refractivity contribution in [2.24, 2.45) is 5.73 Å². The zero-order chi connectivity index (χ0) is 22.6. The summed E-state index contributed by atoms with van der Waals surface area (Å²) in [6.45, 7) is 5.65. The van der Waals surface area contributed by atoms with E-state index in [1.54, 1.807) is 0 Å². The van der Waals surface area contributed by atoms with Crippen LogP contribution in [0, 0.1) is 0 Å². The first-order valence-electron chi connectivity index (χ1n) is 10.2. The van der Waals surface area contributed by atoms with E-state index >= 15 is 0 Å². The van der Waals surface area contributed by atoms with Crippen molar-refractivity contribution in [1.82, 2.24) is 14.5 Å². The predicted octanol–water partition coefficient (Wildman–Crippen LogP) is 0.993. The molecule has 1 aliphatic rings. The highest BCUT2D eigenvalue weighted by Gasteiger charge is 2.33. The van der Waals surface area contributed by atoms with Crippen molar-refractivity contribution >= 4 is 21.8 Å². The standard InChI is InChI=1S/C21H28N4O5S/c1-15(17-6-4-3-5-7-17)14-23-21(27)16(2)24-10-12-25(13-11-24)31(28,29)19-9-8-18(30-19)20(22)26/h3-9,15-16H,10-14H2,1-2H3,(H2,22,26)(H,23,27)/t15-,16+/m0/s1. The van der Waals surface area contributed by atoms with Crippen LogP contribution in [-0.2, 0) is 14.8 Å². The van der Waals surface area contributed by atoms with Crippen molar-refractivity contribution in [2.75, 3.05) is 32.7 Å². The first-order valence-corrected chi connectivity index (χ1v) is 11.6. The average Bonchev–Trinajstić information content (AvgIpc) is 3.29. The molecular weight excluding hydrogens is 420 g/mol. The molecule has 3 N–H and O–H groups in total. The van der Waals surface area contributed by atoms with Gasteiger partial charge >= 0.3 is 0 Å². The summed E-state index contributed by atoms with van der Waals surface area (Å²) in [5.74, 6) is -0.922. The first-order chi connectivity index (χ1) is 14.7. The van der Waals surface area contributed by atoms with Crippen LogP contribution in [0.5, 0.6) is 0 Å². The molecule has 31 heavy (non-hydrogen) atoms. The lowest BCUT2D eigenvalue weighted by molar-refractivity contribution is -0.126. The van der Waals surface area contributed by atoms with Crippen molar-refractivity contribution in [3.05, 3.63) is 53.8 Å². The maximum atomic E-state index is 12.7. The third-order valence-electron chi connectivity index (χ3n) is 5.57. The zero-order valence-electron chi connectivity index (χ0n) is 17.7.